The Labute approximate surface area is 99.0 Å². The summed E-state index contributed by atoms with van der Waals surface area (Å²) in [5.41, 5.74) is 0. The fourth-order valence-electron chi connectivity index (χ4n) is 2.05. The molecule has 1 aliphatic heterocycles. The average Bonchev–Trinajstić information content (AvgIpc) is 2.76. The fraction of sp³-hybridized carbons (Fsp3) is 0.917. The summed E-state index contributed by atoms with van der Waals surface area (Å²) >= 11 is 0. The Balaban J connectivity index is 2.43. The highest BCUT2D eigenvalue weighted by molar-refractivity contribution is 5.79. The van der Waals surface area contributed by atoms with E-state index in [1.165, 1.54) is 0 Å². The molecule has 1 unspecified atom stereocenters. The summed E-state index contributed by atoms with van der Waals surface area (Å²) in [7, 11) is 4.09. The molecule has 1 amide bonds. The number of hydrogen-bond acceptors (Lipinski definition) is 3. The zero-order valence-corrected chi connectivity index (χ0v) is 10.8. The van der Waals surface area contributed by atoms with Crippen molar-refractivity contribution in [2.45, 2.75) is 19.8 Å². The molecule has 0 aliphatic carbocycles. The van der Waals surface area contributed by atoms with Crippen molar-refractivity contribution in [3.8, 4) is 0 Å². The summed E-state index contributed by atoms with van der Waals surface area (Å²) in [6, 6.07) is 0. The molecule has 0 saturated carbocycles. The van der Waals surface area contributed by atoms with Gasteiger partial charge in [0.05, 0.1) is 5.92 Å². The van der Waals surface area contributed by atoms with Gasteiger partial charge in [0.1, 0.15) is 0 Å². The zero-order valence-electron chi connectivity index (χ0n) is 10.8. The van der Waals surface area contributed by atoms with E-state index in [0.717, 1.165) is 45.6 Å². The number of carbonyl (C=O) groups excluding carboxylic acids is 1. The Morgan fingerprint density at radius 3 is 2.56 bits per heavy atom. The molecular formula is C12H25N3O. The Hall–Kier alpha value is -0.610. The van der Waals surface area contributed by atoms with Gasteiger partial charge in [0.2, 0.25) is 5.91 Å². The van der Waals surface area contributed by atoms with E-state index in [2.05, 4.69) is 17.1 Å². The maximum atomic E-state index is 12.2. The fourth-order valence-corrected chi connectivity index (χ4v) is 2.05. The lowest BCUT2D eigenvalue weighted by molar-refractivity contribution is -0.135. The van der Waals surface area contributed by atoms with E-state index >= 15 is 0 Å². The lowest BCUT2D eigenvalue weighted by Gasteiger charge is -2.26. The van der Waals surface area contributed by atoms with Crippen LogP contribution in [0.4, 0.5) is 0 Å². The van der Waals surface area contributed by atoms with E-state index in [-0.39, 0.29) is 5.92 Å². The Morgan fingerprint density at radius 2 is 2.06 bits per heavy atom. The van der Waals surface area contributed by atoms with Gasteiger partial charge in [-0.1, -0.05) is 6.92 Å². The average molecular weight is 227 g/mol. The highest BCUT2D eigenvalue weighted by atomic mass is 16.2. The van der Waals surface area contributed by atoms with E-state index < -0.39 is 0 Å². The van der Waals surface area contributed by atoms with E-state index in [9.17, 15) is 4.79 Å². The van der Waals surface area contributed by atoms with Crippen molar-refractivity contribution < 1.29 is 4.79 Å². The molecule has 0 aromatic carbocycles. The molecule has 0 bridgehead atoms. The van der Waals surface area contributed by atoms with Gasteiger partial charge in [-0.25, -0.2) is 0 Å². The molecular weight excluding hydrogens is 202 g/mol. The normalized spacial score (nSPS) is 20.4. The Kier molecular flexibility index (Phi) is 5.77. The number of rotatable bonds is 6. The smallest absolute Gasteiger partial charge is 0.227 e. The predicted octanol–water partition coefficient (Wildman–Crippen LogP) is 0.396. The monoisotopic (exact) mass is 227 g/mol. The van der Waals surface area contributed by atoms with Crippen LogP contribution in [0.25, 0.3) is 0 Å². The molecule has 4 nitrogen and oxygen atoms in total. The first-order valence-electron chi connectivity index (χ1n) is 6.29. The van der Waals surface area contributed by atoms with Crippen LogP contribution in [0.3, 0.4) is 0 Å². The Morgan fingerprint density at radius 1 is 1.31 bits per heavy atom. The second-order valence-electron chi connectivity index (χ2n) is 4.82. The van der Waals surface area contributed by atoms with E-state index in [0.29, 0.717) is 5.91 Å². The molecule has 1 rings (SSSR count). The lowest BCUT2D eigenvalue weighted by Crippen LogP contribution is -2.41. The molecule has 1 N–H and O–H groups in total. The number of hydrogen-bond donors (Lipinski definition) is 1. The SMILES string of the molecule is CCCN(CCN(C)C)C(=O)C1CCNC1. The van der Waals surface area contributed by atoms with Crippen LogP contribution in [0.15, 0.2) is 0 Å². The van der Waals surface area contributed by atoms with Crippen LogP contribution in [-0.2, 0) is 4.79 Å². The molecule has 1 saturated heterocycles. The van der Waals surface area contributed by atoms with E-state index in [1.54, 1.807) is 0 Å². The van der Waals surface area contributed by atoms with Crippen LogP contribution in [-0.4, -0.2) is 62.5 Å². The molecule has 1 aliphatic rings. The summed E-state index contributed by atoms with van der Waals surface area (Å²) in [6.07, 6.45) is 2.04. The second kappa shape index (κ2) is 6.86. The number of likely N-dealkylation sites (N-methyl/N-ethyl adjacent to an activating group) is 1. The van der Waals surface area contributed by atoms with Crippen molar-refractivity contribution >= 4 is 5.91 Å². The number of nitrogens with zero attached hydrogens (tertiary/aromatic N) is 2. The number of nitrogens with one attached hydrogen (secondary N) is 1. The van der Waals surface area contributed by atoms with Gasteiger partial charge in [0, 0.05) is 26.2 Å². The van der Waals surface area contributed by atoms with Gasteiger partial charge in [0.15, 0.2) is 0 Å². The van der Waals surface area contributed by atoms with Gasteiger partial charge in [0.25, 0.3) is 0 Å². The third-order valence-electron chi connectivity index (χ3n) is 3.03. The molecule has 94 valence electrons. The van der Waals surface area contributed by atoms with Crippen molar-refractivity contribution in [2.75, 3.05) is 46.8 Å². The third-order valence-corrected chi connectivity index (χ3v) is 3.03. The minimum Gasteiger partial charge on any atom is -0.341 e. The Bertz CT molecular complexity index is 212. The maximum Gasteiger partial charge on any atom is 0.227 e. The summed E-state index contributed by atoms with van der Waals surface area (Å²) < 4.78 is 0. The van der Waals surface area contributed by atoms with Crippen LogP contribution in [0.1, 0.15) is 19.8 Å². The first-order chi connectivity index (χ1) is 7.65. The quantitative estimate of drug-likeness (QED) is 0.713. The van der Waals surface area contributed by atoms with Gasteiger partial charge in [-0.15, -0.1) is 0 Å². The molecule has 0 aromatic heterocycles. The van der Waals surface area contributed by atoms with Crippen LogP contribution < -0.4 is 5.32 Å². The van der Waals surface area contributed by atoms with E-state index in [1.807, 2.05) is 19.0 Å². The van der Waals surface area contributed by atoms with Crippen LogP contribution in [0.2, 0.25) is 0 Å². The highest BCUT2D eigenvalue weighted by Gasteiger charge is 2.26. The summed E-state index contributed by atoms with van der Waals surface area (Å²) in [5.74, 6) is 0.558. The summed E-state index contributed by atoms with van der Waals surface area (Å²) in [6.45, 7) is 6.68. The maximum absolute atomic E-state index is 12.2. The van der Waals surface area contributed by atoms with Gasteiger partial charge in [-0.3, -0.25) is 4.79 Å². The summed E-state index contributed by atoms with van der Waals surface area (Å²) in [4.78, 5) is 16.4. The van der Waals surface area contributed by atoms with Crippen LogP contribution in [0, 0.1) is 5.92 Å². The van der Waals surface area contributed by atoms with Crippen molar-refractivity contribution in [2.24, 2.45) is 5.92 Å². The topological polar surface area (TPSA) is 35.6 Å². The molecule has 1 fully saturated rings. The first kappa shape index (κ1) is 13.5. The third kappa shape index (κ3) is 4.10. The largest absolute Gasteiger partial charge is 0.341 e. The van der Waals surface area contributed by atoms with Crippen LogP contribution in [0.5, 0.6) is 0 Å². The van der Waals surface area contributed by atoms with Crippen molar-refractivity contribution in [1.29, 1.82) is 0 Å². The number of amides is 1. The molecule has 0 spiro atoms. The molecule has 16 heavy (non-hydrogen) atoms. The minimum atomic E-state index is 0.216. The van der Waals surface area contributed by atoms with Gasteiger partial charge in [-0.05, 0) is 33.5 Å². The standard InChI is InChI=1S/C12H25N3O/c1-4-7-15(9-8-14(2)3)12(16)11-5-6-13-10-11/h11,13H,4-10H2,1-3H3. The highest BCUT2D eigenvalue weighted by Crippen LogP contribution is 2.12. The minimum absolute atomic E-state index is 0.216. The summed E-state index contributed by atoms with van der Waals surface area (Å²) in [5, 5.41) is 3.26. The van der Waals surface area contributed by atoms with Gasteiger partial charge in [-0.2, -0.15) is 0 Å². The molecule has 1 atom stereocenters. The first-order valence-corrected chi connectivity index (χ1v) is 6.29. The van der Waals surface area contributed by atoms with Crippen molar-refractivity contribution in [3.05, 3.63) is 0 Å². The van der Waals surface area contributed by atoms with E-state index in [4.69, 9.17) is 0 Å². The van der Waals surface area contributed by atoms with Gasteiger partial charge >= 0.3 is 0 Å². The molecule has 1 heterocycles. The lowest BCUT2D eigenvalue weighted by atomic mass is 10.1. The number of carbonyl (C=O) groups is 1. The molecule has 4 heteroatoms. The molecule has 0 aromatic rings. The van der Waals surface area contributed by atoms with Crippen molar-refractivity contribution in [1.82, 2.24) is 15.1 Å². The second-order valence-corrected chi connectivity index (χ2v) is 4.82. The predicted molar refractivity (Wildman–Crippen MR) is 66.4 cm³/mol. The van der Waals surface area contributed by atoms with Crippen LogP contribution >= 0.6 is 0 Å². The zero-order chi connectivity index (χ0) is 12.0. The van der Waals surface area contributed by atoms with Crippen molar-refractivity contribution in [3.63, 3.8) is 0 Å². The molecule has 0 radical (unpaired) electrons. The van der Waals surface area contributed by atoms with Gasteiger partial charge < -0.3 is 15.1 Å².